The Bertz CT molecular complexity index is 385. The van der Waals surface area contributed by atoms with Gasteiger partial charge in [0.25, 0.3) is 0 Å². The molecule has 0 spiro atoms. The van der Waals surface area contributed by atoms with Crippen LogP contribution in [0.5, 0.6) is 0 Å². The van der Waals surface area contributed by atoms with Crippen LogP contribution in [0.4, 0.5) is 0 Å². The predicted molar refractivity (Wildman–Crippen MR) is 53.5 cm³/mol. The Hall–Kier alpha value is -1.51. The highest BCUT2D eigenvalue weighted by atomic mass is 16.1. The van der Waals surface area contributed by atoms with Crippen molar-refractivity contribution >= 4 is 5.78 Å². The monoisotopic (exact) mass is 188 g/mol. The number of nitrogens with zero attached hydrogens (tertiary/aromatic N) is 2. The number of rotatable bonds is 2. The topological polar surface area (TPSA) is 41.8 Å². The van der Waals surface area contributed by atoms with Crippen LogP contribution < -0.4 is 0 Å². The lowest BCUT2D eigenvalue weighted by atomic mass is 10.0. The summed E-state index contributed by atoms with van der Waals surface area (Å²) in [6.07, 6.45) is 0.960. The minimum Gasteiger partial charge on any atom is -0.295 e. The lowest BCUT2D eigenvalue weighted by Gasteiger charge is -2.06. The molecule has 1 unspecified atom stereocenters. The third kappa shape index (κ3) is 1.71. The van der Waals surface area contributed by atoms with E-state index in [1.54, 1.807) is 6.92 Å². The Labute approximate surface area is 82.9 Å². The van der Waals surface area contributed by atoms with Crippen molar-refractivity contribution in [3.05, 3.63) is 35.4 Å². The summed E-state index contributed by atoms with van der Waals surface area (Å²) < 4.78 is 0. The Morgan fingerprint density at radius 1 is 1.50 bits per heavy atom. The molecule has 0 saturated heterocycles. The van der Waals surface area contributed by atoms with Crippen LogP contribution in [0.2, 0.25) is 0 Å². The molecule has 3 heteroatoms. The van der Waals surface area contributed by atoms with Gasteiger partial charge in [-0.05, 0) is 25.0 Å². The van der Waals surface area contributed by atoms with Gasteiger partial charge in [-0.15, -0.1) is 0 Å². The molecule has 1 aliphatic heterocycles. The second kappa shape index (κ2) is 3.70. The number of benzene rings is 1. The number of ketones is 1. The summed E-state index contributed by atoms with van der Waals surface area (Å²) >= 11 is 0. The van der Waals surface area contributed by atoms with E-state index in [-0.39, 0.29) is 11.8 Å². The normalized spacial score (nSPS) is 19.9. The molecule has 1 atom stereocenters. The van der Waals surface area contributed by atoms with Gasteiger partial charge in [0.1, 0.15) is 0 Å². The number of azo groups is 1. The molecule has 72 valence electrons. The molecule has 14 heavy (non-hydrogen) atoms. The standard InChI is InChI=1S/C11H12N2O/c1-8(14)9-3-2-4-10(7-9)11-5-6-12-13-11/h2-4,7,11H,5-6H2,1H3. The fourth-order valence-corrected chi connectivity index (χ4v) is 1.59. The summed E-state index contributed by atoms with van der Waals surface area (Å²) in [5, 5.41) is 8.08. The van der Waals surface area contributed by atoms with Crippen LogP contribution >= 0.6 is 0 Å². The lowest BCUT2D eigenvalue weighted by Crippen LogP contribution is -1.96. The highest BCUT2D eigenvalue weighted by Crippen LogP contribution is 2.26. The lowest BCUT2D eigenvalue weighted by molar-refractivity contribution is 0.101. The van der Waals surface area contributed by atoms with Gasteiger partial charge in [-0.2, -0.15) is 10.2 Å². The predicted octanol–water partition coefficient (Wildman–Crippen LogP) is 2.79. The zero-order chi connectivity index (χ0) is 9.97. The number of Topliss-reactive ketones (excluding diaryl/α,β-unsaturated/α-hetero) is 1. The van der Waals surface area contributed by atoms with Crippen LogP contribution in [-0.4, -0.2) is 12.3 Å². The van der Waals surface area contributed by atoms with E-state index in [2.05, 4.69) is 10.2 Å². The Balaban J connectivity index is 2.30. The molecule has 0 N–H and O–H groups in total. The van der Waals surface area contributed by atoms with Crippen molar-refractivity contribution in [1.82, 2.24) is 0 Å². The Morgan fingerprint density at radius 3 is 3.00 bits per heavy atom. The maximum atomic E-state index is 11.2. The fraction of sp³-hybridized carbons (Fsp3) is 0.364. The molecule has 1 aromatic carbocycles. The van der Waals surface area contributed by atoms with Crippen LogP contribution in [-0.2, 0) is 0 Å². The third-order valence-corrected chi connectivity index (χ3v) is 2.40. The molecule has 0 radical (unpaired) electrons. The van der Waals surface area contributed by atoms with E-state index < -0.39 is 0 Å². The Morgan fingerprint density at radius 2 is 2.36 bits per heavy atom. The van der Waals surface area contributed by atoms with Gasteiger partial charge in [-0.25, -0.2) is 0 Å². The van der Waals surface area contributed by atoms with Gasteiger partial charge in [0.05, 0.1) is 12.6 Å². The molecule has 0 fully saturated rings. The van der Waals surface area contributed by atoms with Crippen molar-refractivity contribution < 1.29 is 4.79 Å². The third-order valence-electron chi connectivity index (χ3n) is 2.40. The van der Waals surface area contributed by atoms with Gasteiger partial charge < -0.3 is 0 Å². The zero-order valence-electron chi connectivity index (χ0n) is 8.10. The molecule has 0 aliphatic carbocycles. The van der Waals surface area contributed by atoms with Crippen molar-refractivity contribution in [3.63, 3.8) is 0 Å². The van der Waals surface area contributed by atoms with Crippen molar-refractivity contribution in [2.75, 3.05) is 6.54 Å². The quantitative estimate of drug-likeness (QED) is 0.658. The maximum Gasteiger partial charge on any atom is 0.159 e. The molecule has 0 saturated carbocycles. The van der Waals surface area contributed by atoms with Crippen molar-refractivity contribution in [3.8, 4) is 0 Å². The van der Waals surface area contributed by atoms with Crippen LogP contribution in [0.15, 0.2) is 34.5 Å². The van der Waals surface area contributed by atoms with Gasteiger partial charge in [0.2, 0.25) is 0 Å². The molecule has 1 aromatic rings. The molecule has 1 heterocycles. The molecular formula is C11H12N2O. The number of carbonyl (C=O) groups excluding carboxylic acids is 1. The summed E-state index contributed by atoms with van der Waals surface area (Å²) in [7, 11) is 0. The minimum atomic E-state index is 0.0989. The second-order valence-corrected chi connectivity index (χ2v) is 3.47. The zero-order valence-corrected chi connectivity index (χ0v) is 8.10. The fourth-order valence-electron chi connectivity index (χ4n) is 1.59. The Kier molecular flexibility index (Phi) is 2.39. The highest BCUT2D eigenvalue weighted by molar-refractivity contribution is 5.94. The van der Waals surface area contributed by atoms with E-state index in [9.17, 15) is 4.79 Å². The SMILES string of the molecule is CC(=O)c1cccc(C2CCN=N2)c1. The van der Waals surface area contributed by atoms with E-state index in [0.717, 1.165) is 24.1 Å². The first kappa shape index (κ1) is 9.06. The first-order chi connectivity index (χ1) is 6.77. The van der Waals surface area contributed by atoms with Crippen molar-refractivity contribution in [1.29, 1.82) is 0 Å². The molecule has 2 rings (SSSR count). The van der Waals surface area contributed by atoms with E-state index in [1.165, 1.54) is 0 Å². The van der Waals surface area contributed by atoms with Crippen molar-refractivity contribution in [2.45, 2.75) is 19.4 Å². The number of carbonyl (C=O) groups is 1. The molecule has 3 nitrogen and oxygen atoms in total. The maximum absolute atomic E-state index is 11.2. The summed E-state index contributed by atoms with van der Waals surface area (Å²) in [4.78, 5) is 11.2. The highest BCUT2D eigenvalue weighted by Gasteiger charge is 2.15. The minimum absolute atomic E-state index is 0.0989. The van der Waals surface area contributed by atoms with Gasteiger partial charge in [0, 0.05) is 5.56 Å². The second-order valence-electron chi connectivity index (χ2n) is 3.47. The summed E-state index contributed by atoms with van der Waals surface area (Å²) in [6.45, 7) is 2.38. The summed E-state index contributed by atoms with van der Waals surface area (Å²) in [6, 6.07) is 7.81. The molecule has 0 bridgehead atoms. The average Bonchev–Trinajstić information content (AvgIpc) is 2.71. The van der Waals surface area contributed by atoms with Gasteiger partial charge >= 0.3 is 0 Å². The summed E-state index contributed by atoms with van der Waals surface area (Å²) in [5.74, 6) is 0.0989. The van der Waals surface area contributed by atoms with Crippen LogP contribution in [0, 0.1) is 0 Å². The molecule has 1 aliphatic rings. The average molecular weight is 188 g/mol. The molecule has 0 amide bonds. The summed E-state index contributed by atoms with van der Waals surface area (Å²) in [5.41, 5.74) is 1.85. The van der Waals surface area contributed by atoms with Gasteiger partial charge in [0.15, 0.2) is 5.78 Å². The van der Waals surface area contributed by atoms with Crippen LogP contribution in [0.1, 0.15) is 35.3 Å². The molecule has 0 aromatic heterocycles. The van der Waals surface area contributed by atoms with Crippen LogP contribution in [0.3, 0.4) is 0 Å². The first-order valence-electron chi connectivity index (χ1n) is 4.75. The van der Waals surface area contributed by atoms with Gasteiger partial charge in [-0.1, -0.05) is 18.2 Å². The smallest absolute Gasteiger partial charge is 0.159 e. The largest absolute Gasteiger partial charge is 0.295 e. The van der Waals surface area contributed by atoms with Crippen molar-refractivity contribution in [2.24, 2.45) is 10.2 Å². The van der Waals surface area contributed by atoms with E-state index >= 15 is 0 Å². The van der Waals surface area contributed by atoms with Crippen LogP contribution in [0.25, 0.3) is 0 Å². The first-order valence-corrected chi connectivity index (χ1v) is 4.75. The number of hydrogen-bond donors (Lipinski definition) is 0. The molecular weight excluding hydrogens is 176 g/mol. The number of hydrogen-bond acceptors (Lipinski definition) is 3. The van der Waals surface area contributed by atoms with E-state index in [0.29, 0.717) is 0 Å². The van der Waals surface area contributed by atoms with E-state index in [1.807, 2.05) is 24.3 Å². The van der Waals surface area contributed by atoms with E-state index in [4.69, 9.17) is 0 Å². The van der Waals surface area contributed by atoms with Gasteiger partial charge in [-0.3, -0.25) is 4.79 Å².